The van der Waals surface area contributed by atoms with Crippen molar-refractivity contribution in [3.8, 4) is 5.75 Å². The summed E-state index contributed by atoms with van der Waals surface area (Å²) in [5.41, 5.74) is 0.985. The summed E-state index contributed by atoms with van der Waals surface area (Å²) in [6, 6.07) is 7.35. The standard InChI is InChI=1S/C17H20ClN5OS/c1-19-16(20-11-14-12-23-8-10-25-17(23)21-14)22(2)7-9-24-15-5-3-13(18)4-6-15/h3-6,8,10,12H,7,9,11H2,1-2H3,(H,19,20). The molecule has 0 saturated carbocycles. The Hall–Kier alpha value is -2.25. The number of benzene rings is 1. The second kappa shape index (κ2) is 8.22. The Kier molecular flexibility index (Phi) is 5.78. The fourth-order valence-corrected chi connectivity index (χ4v) is 3.20. The number of thiazole rings is 1. The topological polar surface area (TPSA) is 54.2 Å². The van der Waals surface area contributed by atoms with Crippen molar-refractivity contribution >= 4 is 33.9 Å². The van der Waals surface area contributed by atoms with Crippen molar-refractivity contribution in [2.75, 3.05) is 27.2 Å². The number of aliphatic imine (C=N–C) groups is 1. The lowest BCUT2D eigenvalue weighted by Crippen LogP contribution is -2.40. The van der Waals surface area contributed by atoms with Crippen LogP contribution in [0.15, 0.2) is 47.0 Å². The maximum atomic E-state index is 5.87. The molecule has 0 spiro atoms. The second-order valence-corrected chi connectivity index (χ2v) is 6.76. The second-order valence-electron chi connectivity index (χ2n) is 5.45. The predicted molar refractivity (Wildman–Crippen MR) is 103 cm³/mol. The Morgan fingerprint density at radius 2 is 2.20 bits per heavy atom. The van der Waals surface area contributed by atoms with Crippen molar-refractivity contribution in [2.45, 2.75) is 6.54 Å². The van der Waals surface area contributed by atoms with Crippen molar-refractivity contribution in [1.29, 1.82) is 0 Å². The van der Waals surface area contributed by atoms with E-state index >= 15 is 0 Å². The first-order chi connectivity index (χ1) is 12.2. The minimum absolute atomic E-state index is 0.555. The summed E-state index contributed by atoms with van der Waals surface area (Å²) in [6.07, 6.45) is 4.03. The summed E-state index contributed by atoms with van der Waals surface area (Å²) in [7, 11) is 3.75. The fourth-order valence-electron chi connectivity index (χ4n) is 2.35. The van der Waals surface area contributed by atoms with E-state index in [4.69, 9.17) is 16.3 Å². The van der Waals surface area contributed by atoms with Gasteiger partial charge in [0.1, 0.15) is 12.4 Å². The first-order valence-corrected chi connectivity index (χ1v) is 9.12. The van der Waals surface area contributed by atoms with E-state index in [0.29, 0.717) is 24.7 Å². The maximum absolute atomic E-state index is 5.87. The fraction of sp³-hybridized carbons (Fsp3) is 0.294. The van der Waals surface area contributed by atoms with Crippen LogP contribution >= 0.6 is 22.9 Å². The molecule has 25 heavy (non-hydrogen) atoms. The molecule has 0 atom stereocenters. The molecule has 0 saturated heterocycles. The van der Waals surface area contributed by atoms with Crippen molar-refractivity contribution in [3.63, 3.8) is 0 Å². The maximum Gasteiger partial charge on any atom is 0.193 e. The zero-order valence-corrected chi connectivity index (χ0v) is 15.7. The molecule has 0 aliphatic heterocycles. The molecule has 0 aliphatic rings. The molecular weight excluding hydrogens is 358 g/mol. The third-order valence-corrected chi connectivity index (χ3v) is 4.68. The third kappa shape index (κ3) is 4.64. The monoisotopic (exact) mass is 377 g/mol. The number of hydrogen-bond donors (Lipinski definition) is 1. The Morgan fingerprint density at radius 1 is 1.40 bits per heavy atom. The van der Waals surface area contributed by atoms with Gasteiger partial charge in [-0.15, -0.1) is 11.3 Å². The number of rotatable bonds is 6. The van der Waals surface area contributed by atoms with Crippen LogP contribution in [0.3, 0.4) is 0 Å². The van der Waals surface area contributed by atoms with Crippen LogP contribution in [0.1, 0.15) is 5.69 Å². The van der Waals surface area contributed by atoms with Gasteiger partial charge in [0, 0.05) is 36.9 Å². The van der Waals surface area contributed by atoms with E-state index in [9.17, 15) is 0 Å². The highest BCUT2D eigenvalue weighted by Gasteiger charge is 2.08. The number of guanidine groups is 1. The number of aromatic nitrogens is 2. The highest BCUT2D eigenvalue weighted by Crippen LogP contribution is 2.15. The Morgan fingerprint density at radius 3 is 2.92 bits per heavy atom. The number of nitrogens with one attached hydrogen (secondary N) is 1. The summed E-state index contributed by atoms with van der Waals surface area (Å²) < 4.78 is 7.74. The van der Waals surface area contributed by atoms with Crippen molar-refractivity contribution in [2.24, 2.45) is 4.99 Å². The molecule has 0 fully saturated rings. The Balaban J connectivity index is 1.46. The highest BCUT2D eigenvalue weighted by molar-refractivity contribution is 7.15. The number of halogens is 1. The largest absolute Gasteiger partial charge is 0.492 e. The summed E-state index contributed by atoms with van der Waals surface area (Å²) in [5, 5.41) is 6.05. The normalized spacial score (nSPS) is 11.7. The van der Waals surface area contributed by atoms with Crippen LogP contribution < -0.4 is 10.1 Å². The van der Waals surface area contributed by atoms with Crippen molar-refractivity contribution in [3.05, 3.63) is 52.8 Å². The molecular formula is C17H20ClN5OS. The Labute approximate surface area is 155 Å². The lowest BCUT2D eigenvalue weighted by molar-refractivity contribution is 0.281. The Bertz CT molecular complexity index is 814. The minimum atomic E-state index is 0.555. The van der Waals surface area contributed by atoms with Gasteiger partial charge in [-0.25, -0.2) is 4.98 Å². The molecule has 0 bridgehead atoms. The van der Waals surface area contributed by atoms with Gasteiger partial charge in [-0.1, -0.05) is 11.6 Å². The van der Waals surface area contributed by atoms with Gasteiger partial charge in [0.05, 0.1) is 18.8 Å². The van der Waals surface area contributed by atoms with Gasteiger partial charge in [-0.2, -0.15) is 0 Å². The van der Waals surface area contributed by atoms with E-state index in [1.807, 2.05) is 58.4 Å². The summed E-state index contributed by atoms with van der Waals surface area (Å²) in [4.78, 5) is 11.9. The van der Waals surface area contributed by atoms with Crippen LogP contribution in [0.2, 0.25) is 5.02 Å². The summed E-state index contributed by atoms with van der Waals surface area (Å²) >= 11 is 7.49. The molecule has 0 radical (unpaired) electrons. The average Bonchev–Trinajstić information content (AvgIpc) is 3.19. The van der Waals surface area contributed by atoms with Crippen LogP contribution in [-0.4, -0.2) is 47.5 Å². The minimum Gasteiger partial charge on any atom is -0.492 e. The van der Waals surface area contributed by atoms with Crippen LogP contribution in [-0.2, 0) is 6.54 Å². The number of nitrogens with zero attached hydrogens (tertiary/aromatic N) is 4. The van der Waals surface area contributed by atoms with Crippen LogP contribution in [0.25, 0.3) is 4.96 Å². The lowest BCUT2D eigenvalue weighted by atomic mass is 10.3. The molecule has 3 aromatic rings. The number of imidazole rings is 1. The van der Waals surface area contributed by atoms with Gasteiger partial charge < -0.3 is 15.0 Å². The molecule has 0 aliphatic carbocycles. The molecule has 3 rings (SSSR count). The zero-order valence-electron chi connectivity index (χ0n) is 14.1. The van der Waals surface area contributed by atoms with Crippen molar-refractivity contribution in [1.82, 2.24) is 19.6 Å². The molecule has 6 nitrogen and oxygen atoms in total. The van der Waals surface area contributed by atoms with E-state index in [2.05, 4.69) is 15.3 Å². The number of fused-ring (bicyclic) bond motifs is 1. The van der Waals surface area contributed by atoms with Gasteiger partial charge >= 0.3 is 0 Å². The molecule has 2 heterocycles. The highest BCUT2D eigenvalue weighted by atomic mass is 35.5. The SMILES string of the molecule is CN=C(NCc1cn2ccsc2n1)N(C)CCOc1ccc(Cl)cc1. The van der Waals surface area contributed by atoms with Gasteiger partial charge in [0.25, 0.3) is 0 Å². The molecule has 0 amide bonds. The van der Waals surface area contributed by atoms with Crippen LogP contribution in [0, 0.1) is 0 Å². The summed E-state index contributed by atoms with van der Waals surface area (Å²) in [6.45, 7) is 1.89. The van der Waals surface area contributed by atoms with Gasteiger partial charge in [-0.05, 0) is 24.3 Å². The smallest absolute Gasteiger partial charge is 0.193 e. The molecule has 1 N–H and O–H groups in total. The molecule has 132 valence electrons. The van der Waals surface area contributed by atoms with E-state index in [1.54, 1.807) is 18.4 Å². The number of ether oxygens (including phenoxy) is 1. The van der Waals surface area contributed by atoms with Crippen LogP contribution in [0.5, 0.6) is 5.75 Å². The van der Waals surface area contributed by atoms with E-state index in [-0.39, 0.29) is 0 Å². The summed E-state index contributed by atoms with van der Waals surface area (Å²) in [5.74, 6) is 1.61. The molecule has 1 aromatic carbocycles. The molecule has 0 unspecified atom stereocenters. The first kappa shape index (κ1) is 17.6. The number of hydrogen-bond acceptors (Lipinski definition) is 4. The van der Waals surface area contributed by atoms with E-state index in [1.165, 1.54) is 0 Å². The van der Waals surface area contributed by atoms with Crippen molar-refractivity contribution < 1.29 is 4.74 Å². The number of likely N-dealkylation sites (N-methyl/N-ethyl adjacent to an activating group) is 1. The quantitative estimate of drug-likeness (QED) is 0.529. The predicted octanol–water partition coefficient (Wildman–Crippen LogP) is 3.14. The lowest BCUT2D eigenvalue weighted by Gasteiger charge is -2.21. The molecule has 2 aromatic heterocycles. The van der Waals surface area contributed by atoms with Gasteiger partial charge in [0.2, 0.25) is 0 Å². The average molecular weight is 378 g/mol. The zero-order chi connectivity index (χ0) is 17.6. The van der Waals surface area contributed by atoms with Gasteiger partial charge in [0.15, 0.2) is 10.9 Å². The third-order valence-electron chi connectivity index (χ3n) is 3.65. The van der Waals surface area contributed by atoms with Crippen LogP contribution in [0.4, 0.5) is 0 Å². The van der Waals surface area contributed by atoms with Gasteiger partial charge in [-0.3, -0.25) is 9.39 Å². The van der Waals surface area contributed by atoms with E-state index < -0.39 is 0 Å². The molecule has 8 heteroatoms. The van der Waals surface area contributed by atoms with E-state index in [0.717, 1.165) is 22.4 Å². The first-order valence-electron chi connectivity index (χ1n) is 7.87.